The maximum Gasteiger partial charge on any atom is 0.325 e. The number of urea groups is 1. The van der Waals surface area contributed by atoms with E-state index < -0.39 is 6.03 Å². The molecule has 1 aromatic rings. The highest BCUT2D eigenvalue weighted by atomic mass is 16.2. The summed E-state index contributed by atoms with van der Waals surface area (Å²) in [6.45, 7) is 0. The minimum absolute atomic E-state index is 0.387. The molecular formula is C8H8N2O2. The Bertz CT molecular complexity index is 284. The molecule has 0 heterocycles. The van der Waals surface area contributed by atoms with Crippen LogP contribution in [0.4, 0.5) is 10.5 Å². The van der Waals surface area contributed by atoms with E-state index in [4.69, 9.17) is 5.73 Å². The highest BCUT2D eigenvalue weighted by Crippen LogP contribution is 2.09. The number of nitrogens with two attached hydrogens (primary N) is 1. The SMILES string of the molecule is NC(=O)N(C=O)c1ccccc1. The lowest BCUT2D eigenvalue weighted by atomic mass is 10.3. The zero-order chi connectivity index (χ0) is 8.97. The van der Waals surface area contributed by atoms with Gasteiger partial charge in [0.1, 0.15) is 0 Å². The molecule has 3 amide bonds. The fourth-order valence-electron chi connectivity index (χ4n) is 0.829. The van der Waals surface area contributed by atoms with Gasteiger partial charge in [-0.2, -0.15) is 0 Å². The molecule has 0 atom stereocenters. The van der Waals surface area contributed by atoms with E-state index in [1.807, 2.05) is 0 Å². The summed E-state index contributed by atoms with van der Waals surface area (Å²) in [5.74, 6) is 0. The van der Waals surface area contributed by atoms with Gasteiger partial charge in [0.15, 0.2) is 0 Å². The molecule has 0 spiro atoms. The molecule has 1 aromatic carbocycles. The van der Waals surface area contributed by atoms with E-state index in [9.17, 15) is 9.59 Å². The number of hydrogen-bond donors (Lipinski definition) is 1. The molecule has 0 aliphatic rings. The van der Waals surface area contributed by atoms with Gasteiger partial charge in [-0.15, -0.1) is 0 Å². The number of carbonyl (C=O) groups excluding carboxylic acids is 2. The van der Waals surface area contributed by atoms with Gasteiger partial charge in [-0.05, 0) is 12.1 Å². The number of carbonyl (C=O) groups is 2. The summed E-state index contributed by atoms with van der Waals surface area (Å²) in [6.07, 6.45) is 0.387. The highest BCUT2D eigenvalue weighted by Gasteiger charge is 2.08. The van der Waals surface area contributed by atoms with E-state index in [1.165, 1.54) is 0 Å². The van der Waals surface area contributed by atoms with Crippen molar-refractivity contribution in [3.63, 3.8) is 0 Å². The molecule has 12 heavy (non-hydrogen) atoms. The lowest BCUT2D eigenvalue weighted by Crippen LogP contribution is -2.34. The number of primary amides is 1. The van der Waals surface area contributed by atoms with E-state index in [2.05, 4.69) is 0 Å². The van der Waals surface area contributed by atoms with Crippen LogP contribution in [0.1, 0.15) is 0 Å². The normalized spacial score (nSPS) is 9.00. The molecule has 62 valence electrons. The fourth-order valence-corrected chi connectivity index (χ4v) is 0.829. The first-order chi connectivity index (χ1) is 5.75. The van der Waals surface area contributed by atoms with Crippen molar-refractivity contribution in [1.82, 2.24) is 0 Å². The monoisotopic (exact) mass is 164 g/mol. The number of hydrogen-bond acceptors (Lipinski definition) is 2. The summed E-state index contributed by atoms with van der Waals surface area (Å²) in [6, 6.07) is 7.69. The Labute approximate surface area is 69.6 Å². The largest absolute Gasteiger partial charge is 0.351 e. The van der Waals surface area contributed by atoms with Crippen LogP contribution < -0.4 is 10.6 Å². The smallest absolute Gasteiger partial charge is 0.325 e. The molecule has 0 saturated heterocycles. The summed E-state index contributed by atoms with van der Waals surface area (Å²) in [5, 5.41) is 0. The molecule has 0 radical (unpaired) electrons. The first-order valence-electron chi connectivity index (χ1n) is 3.34. The van der Waals surface area contributed by atoms with Gasteiger partial charge in [-0.25, -0.2) is 9.69 Å². The number of anilines is 1. The fraction of sp³-hybridized carbons (Fsp3) is 0. The maximum atomic E-state index is 10.6. The van der Waals surface area contributed by atoms with Gasteiger partial charge in [-0.1, -0.05) is 18.2 Å². The predicted molar refractivity (Wildman–Crippen MR) is 44.6 cm³/mol. The molecule has 2 N–H and O–H groups in total. The summed E-state index contributed by atoms with van der Waals surface area (Å²) in [7, 11) is 0. The van der Waals surface area contributed by atoms with Crippen LogP contribution in [-0.2, 0) is 4.79 Å². The van der Waals surface area contributed by atoms with Crippen LogP contribution in [0.5, 0.6) is 0 Å². The number of para-hydroxylation sites is 1. The van der Waals surface area contributed by atoms with E-state index in [1.54, 1.807) is 30.3 Å². The lowest BCUT2D eigenvalue weighted by Gasteiger charge is -2.11. The third kappa shape index (κ3) is 1.60. The molecule has 0 saturated carbocycles. The molecule has 0 unspecified atom stereocenters. The van der Waals surface area contributed by atoms with E-state index in [0.29, 0.717) is 12.1 Å². The number of rotatable bonds is 2. The minimum Gasteiger partial charge on any atom is -0.351 e. The minimum atomic E-state index is -0.781. The number of imide groups is 1. The van der Waals surface area contributed by atoms with Crippen LogP contribution in [0.2, 0.25) is 0 Å². The van der Waals surface area contributed by atoms with Crippen molar-refractivity contribution in [2.24, 2.45) is 5.73 Å². The number of benzene rings is 1. The molecule has 1 rings (SSSR count). The summed E-state index contributed by atoms with van der Waals surface area (Å²) >= 11 is 0. The van der Waals surface area contributed by atoms with Gasteiger partial charge in [-0.3, -0.25) is 4.79 Å². The van der Waals surface area contributed by atoms with Crippen molar-refractivity contribution in [2.75, 3.05) is 4.90 Å². The van der Waals surface area contributed by atoms with Gasteiger partial charge in [0.2, 0.25) is 6.41 Å². The quantitative estimate of drug-likeness (QED) is 0.655. The van der Waals surface area contributed by atoms with Crippen molar-refractivity contribution in [3.8, 4) is 0 Å². The van der Waals surface area contributed by atoms with Crippen molar-refractivity contribution < 1.29 is 9.59 Å². The topological polar surface area (TPSA) is 63.4 Å². The van der Waals surface area contributed by atoms with Crippen LogP contribution in [0.3, 0.4) is 0 Å². The lowest BCUT2D eigenvalue weighted by molar-refractivity contribution is -0.106. The van der Waals surface area contributed by atoms with Gasteiger partial charge in [0.05, 0.1) is 5.69 Å². The molecule has 4 nitrogen and oxygen atoms in total. The summed E-state index contributed by atoms with van der Waals surface area (Å²) < 4.78 is 0. The van der Waals surface area contributed by atoms with Crippen LogP contribution in [0.15, 0.2) is 30.3 Å². The van der Waals surface area contributed by atoms with Crippen LogP contribution >= 0.6 is 0 Å². The molecular weight excluding hydrogens is 156 g/mol. The van der Waals surface area contributed by atoms with Crippen LogP contribution in [0, 0.1) is 0 Å². The summed E-state index contributed by atoms with van der Waals surface area (Å²) in [4.78, 5) is 21.9. The maximum absolute atomic E-state index is 10.6. The van der Waals surface area contributed by atoms with Gasteiger partial charge in [0, 0.05) is 0 Å². The second-order valence-corrected chi connectivity index (χ2v) is 2.15. The molecule has 0 aromatic heterocycles. The van der Waals surface area contributed by atoms with E-state index >= 15 is 0 Å². The zero-order valence-corrected chi connectivity index (χ0v) is 6.31. The van der Waals surface area contributed by atoms with Crippen molar-refractivity contribution >= 4 is 18.1 Å². The average Bonchev–Trinajstić information content (AvgIpc) is 2.07. The predicted octanol–water partition coefficient (Wildman–Crippen LogP) is 0.728. The summed E-state index contributed by atoms with van der Waals surface area (Å²) in [5.41, 5.74) is 5.41. The molecule has 0 aliphatic carbocycles. The standard InChI is InChI=1S/C8H8N2O2/c9-8(12)10(6-11)7-4-2-1-3-5-7/h1-6H,(H2,9,12). The molecule has 4 heteroatoms. The van der Waals surface area contributed by atoms with Crippen LogP contribution in [0.25, 0.3) is 0 Å². The Morgan fingerprint density at radius 1 is 1.33 bits per heavy atom. The van der Waals surface area contributed by atoms with Gasteiger partial charge in [0.25, 0.3) is 0 Å². The third-order valence-corrected chi connectivity index (χ3v) is 1.38. The van der Waals surface area contributed by atoms with Gasteiger partial charge >= 0.3 is 6.03 Å². The molecule has 0 bridgehead atoms. The second-order valence-electron chi connectivity index (χ2n) is 2.15. The van der Waals surface area contributed by atoms with Crippen molar-refractivity contribution in [2.45, 2.75) is 0 Å². The van der Waals surface area contributed by atoms with Crippen LogP contribution in [-0.4, -0.2) is 12.4 Å². The average molecular weight is 164 g/mol. The number of amides is 3. The highest BCUT2D eigenvalue weighted by molar-refractivity contribution is 6.05. The van der Waals surface area contributed by atoms with Crippen molar-refractivity contribution in [1.29, 1.82) is 0 Å². The Kier molecular flexibility index (Phi) is 2.42. The molecule has 0 fully saturated rings. The van der Waals surface area contributed by atoms with Gasteiger partial charge < -0.3 is 5.73 Å². The Balaban J connectivity index is 2.95. The second kappa shape index (κ2) is 3.52. The van der Waals surface area contributed by atoms with E-state index in [0.717, 1.165) is 4.90 Å². The number of nitrogens with zero attached hydrogens (tertiary/aromatic N) is 1. The first-order valence-corrected chi connectivity index (χ1v) is 3.34. The zero-order valence-electron chi connectivity index (χ0n) is 6.31. The Morgan fingerprint density at radius 3 is 2.33 bits per heavy atom. The first kappa shape index (κ1) is 8.26. The Hall–Kier alpha value is -1.84. The third-order valence-electron chi connectivity index (χ3n) is 1.38. The van der Waals surface area contributed by atoms with E-state index in [-0.39, 0.29) is 0 Å². The Morgan fingerprint density at radius 2 is 1.92 bits per heavy atom. The van der Waals surface area contributed by atoms with Crippen molar-refractivity contribution in [3.05, 3.63) is 30.3 Å². The molecule has 0 aliphatic heterocycles.